The summed E-state index contributed by atoms with van der Waals surface area (Å²) in [6.07, 6.45) is 0.733. The molecule has 0 spiro atoms. The van der Waals surface area contributed by atoms with Crippen LogP contribution >= 0.6 is 0 Å². The standard InChI is InChI=1S/C35H35FN4O3/c1-25-13-15-27(16-14-25)34(42)40-20-8-19-39(21-22-40)32-18-17-28(37-33(41)29-11-6-7-12-31(29)36)23-30(32)35(43)38(2)24-26-9-4-3-5-10-26/h3-7,9-18,23H,8,19-22,24H2,1-2H3,(H,37,41). The van der Waals surface area contributed by atoms with Crippen molar-refractivity contribution in [3.63, 3.8) is 0 Å². The molecule has 0 unspecified atom stereocenters. The number of rotatable bonds is 7. The van der Waals surface area contributed by atoms with Crippen LogP contribution in [-0.2, 0) is 6.54 Å². The quantitative estimate of drug-likeness (QED) is 0.292. The summed E-state index contributed by atoms with van der Waals surface area (Å²) in [5.41, 5.74) is 4.20. The molecule has 1 saturated heterocycles. The Kier molecular flexibility index (Phi) is 9.15. The SMILES string of the molecule is Cc1ccc(C(=O)N2CCCN(c3ccc(NC(=O)c4ccccc4F)cc3C(=O)N(C)Cc3ccccc3)CC2)cc1. The zero-order valence-electron chi connectivity index (χ0n) is 24.4. The van der Waals surface area contributed by atoms with Gasteiger partial charge in [0.05, 0.1) is 11.1 Å². The molecule has 1 fully saturated rings. The van der Waals surface area contributed by atoms with Crippen LogP contribution < -0.4 is 10.2 Å². The summed E-state index contributed by atoms with van der Waals surface area (Å²) in [5, 5.41) is 2.75. The first-order valence-electron chi connectivity index (χ1n) is 14.4. The van der Waals surface area contributed by atoms with Gasteiger partial charge in [0.25, 0.3) is 17.7 Å². The van der Waals surface area contributed by atoms with Gasteiger partial charge in [0.2, 0.25) is 0 Å². The van der Waals surface area contributed by atoms with E-state index in [9.17, 15) is 18.8 Å². The summed E-state index contributed by atoms with van der Waals surface area (Å²) in [6, 6.07) is 28.3. The molecule has 4 aromatic rings. The smallest absolute Gasteiger partial charge is 0.258 e. The predicted octanol–water partition coefficient (Wildman–Crippen LogP) is 6.01. The van der Waals surface area contributed by atoms with E-state index in [4.69, 9.17) is 0 Å². The van der Waals surface area contributed by atoms with Crippen LogP contribution in [0.5, 0.6) is 0 Å². The summed E-state index contributed by atoms with van der Waals surface area (Å²) in [5.74, 6) is -1.43. The molecule has 0 saturated carbocycles. The Hall–Kier alpha value is -4.98. The van der Waals surface area contributed by atoms with E-state index in [1.807, 2.05) is 72.5 Å². The lowest BCUT2D eigenvalue weighted by Gasteiger charge is -2.28. The first-order chi connectivity index (χ1) is 20.8. The normalized spacial score (nSPS) is 13.3. The fourth-order valence-electron chi connectivity index (χ4n) is 5.28. The molecule has 43 heavy (non-hydrogen) atoms. The third-order valence-electron chi connectivity index (χ3n) is 7.63. The van der Waals surface area contributed by atoms with Crippen molar-refractivity contribution in [1.29, 1.82) is 0 Å². The second kappa shape index (κ2) is 13.3. The Morgan fingerprint density at radius 1 is 0.814 bits per heavy atom. The van der Waals surface area contributed by atoms with E-state index in [0.717, 1.165) is 23.2 Å². The maximum Gasteiger partial charge on any atom is 0.258 e. The van der Waals surface area contributed by atoms with Crippen LogP contribution in [0.4, 0.5) is 15.8 Å². The van der Waals surface area contributed by atoms with Crippen LogP contribution in [0.25, 0.3) is 0 Å². The van der Waals surface area contributed by atoms with Crippen molar-refractivity contribution in [3.05, 3.63) is 131 Å². The van der Waals surface area contributed by atoms with Crippen LogP contribution in [0.3, 0.4) is 0 Å². The van der Waals surface area contributed by atoms with Gasteiger partial charge >= 0.3 is 0 Å². The van der Waals surface area contributed by atoms with Crippen molar-refractivity contribution < 1.29 is 18.8 Å². The molecule has 0 bridgehead atoms. The molecule has 0 aliphatic carbocycles. The molecule has 1 N–H and O–H groups in total. The van der Waals surface area contributed by atoms with Crippen molar-refractivity contribution >= 4 is 29.1 Å². The summed E-state index contributed by atoms with van der Waals surface area (Å²) >= 11 is 0. The van der Waals surface area contributed by atoms with Gasteiger partial charge in [-0.15, -0.1) is 0 Å². The number of anilines is 2. The lowest BCUT2D eigenvalue weighted by atomic mass is 10.1. The van der Waals surface area contributed by atoms with Gasteiger partial charge in [-0.2, -0.15) is 0 Å². The van der Waals surface area contributed by atoms with E-state index in [1.165, 1.54) is 18.2 Å². The van der Waals surface area contributed by atoms with Crippen molar-refractivity contribution in [1.82, 2.24) is 9.80 Å². The number of carbonyl (C=O) groups excluding carboxylic acids is 3. The van der Waals surface area contributed by atoms with Crippen molar-refractivity contribution in [2.45, 2.75) is 19.9 Å². The highest BCUT2D eigenvalue weighted by Crippen LogP contribution is 2.28. The predicted molar refractivity (Wildman–Crippen MR) is 167 cm³/mol. The Balaban J connectivity index is 1.40. The van der Waals surface area contributed by atoms with E-state index < -0.39 is 11.7 Å². The van der Waals surface area contributed by atoms with Crippen LogP contribution in [0, 0.1) is 12.7 Å². The third-order valence-corrected chi connectivity index (χ3v) is 7.63. The number of nitrogens with zero attached hydrogens (tertiary/aromatic N) is 3. The minimum Gasteiger partial charge on any atom is -0.369 e. The Labute approximate surface area is 251 Å². The Morgan fingerprint density at radius 2 is 1.53 bits per heavy atom. The van der Waals surface area contributed by atoms with Crippen molar-refractivity contribution in [3.8, 4) is 0 Å². The van der Waals surface area contributed by atoms with E-state index in [-0.39, 0.29) is 17.4 Å². The average Bonchev–Trinajstić information content (AvgIpc) is 3.28. The van der Waals surface area contributed by atoms with Gasteiger partial charge in [0.15, 0.2) is 0 Å². The topological polar surface area (TPSA) is 73.0 Å². The maximum atomic E-state index is 14.3. The molecule has 0 radical (unpaired) electrons. The van der Waals surface area contributed by atoms with Crippen molar-refractivity contribution in [2.24, 2.45) is 0 Å². The Morgan fingerprint density at radius 3 is 2.28 bits per heavy atom. The van der Waals surface area contributed by atoms with Crippen LogP contribution in [0.2, 0.25) is 0 Å². The molecule has 1 aliphatic heterocycles. The molecule has 220 valence electrons. The molecule has 1 aliphatic rings. The fraction of sp³-hybridized carbons (Fsp3) is 0.229. The highest BCUT2D eigenvalue weighted by atomic mass is 19.1. The molecule has 0 aromatic heterocycles. The van der Waals surface area contributed by atoms with Gasteiger partial charge in [-0.25, -0.2) is 4.39 Å². The van der Waals surface area contributed by atoms with Gasteiger partial charge in [-0.3, -0.25) is 14.4 Å². The molecule has 8 heteroatoms. The zero-order valence-corrected chi connectivity index (χ0v) is 24.4. The number of carbonyl (C=O) groups is 3. The summed E-state index contributed by atoms with van der Waals surface area (Å²) < 4.78 is 14.3. The highest BCUT2D eigenvalue weighted by Gasteiger charge is 2.25. The minimum absolute atomic E-state index is 0.00745. The molecule has 0 atom stereocenters. The van der Waals surface area contributed by atoms with E-state index >= 15 is 0 Å². The largest absolute Gasteiger partial charge is 0.369 e. The first-order valence-corrected chi connectivity index (χ1v) is 14.4. The fourth-order valence-corrected chi connectivity index (χ4v) is 5.28. The molecule has 5 rings (SSSR count). The monoisotopic (exact) mass is 578 g/mol. The summed E-state index contributed by atoms with van der Waals surface area (Å²) in [7, 11) is 1.74. The molecule has 1 heterocycles. The van der Waals surface area contributed by atoms with Crippen LogP contribution in [-0.4, -0.2) is 60.7 Å². The number of aryl methyl sites for hydroxylation is 1. The number of amides is 3. The van der Waals surface area contributed by atoms with Gasteiger partial charge in [-0.1, -0.05) is 60.2 Å². The van der Waals surface area contributed by atoms with E-state index in [2.05, 4.69) is 10.2 Å². The van der Waals surface area contributed by atoms with Gasteiger partial charge in [-0.05, 0) is 61.4 Å². The minimum atomic E-state index is -0.621. The number of halogens is 1. The van der Waals surface area contributed by atoms with Gasteiger partial charge in [0, 0.05) is 56.7 Å². The zero-order chi connectivity index (χ0) is 30.3. The number of benzene rings is 4. The molecule has 7 nitrogen and oxygen atoms in total. The second-order valence-electron chi connectivity index (χ2n) is 10.8. The van der Waals surface area contributed by atoms with E-state index in [0.29, 0.717) is 49.5 Å². The highest BCUT2D eigenvalue weighted by molar-refractivity contribution is 6.06. The molecular formula is C35H35FN4O3. The lowest BCUT2D eigenvalue weighted by molar-refractivity contribution is 0.0763. The van der Waals surface area contributed by atoms with Gasteiger partial charge in [0.1, 0.15) is 5.82 Å². The number of hydrogen-bond acceptors (Lipinski definition) is 4. The summed E-state index contributed by atoms with van der Waals surface area (Å²) in [4.78, 5) is 45.6. The molecular weight excluding hydrogens is 543 g/mol. The number of hydrogen-bond donors (Lipinski definition) is 1. The van der Waals surface area contributed by atoms with Crippen molar-refractivity contribution in [2.75, 3.05) is 43.4 Å². The number of nitrogens with one attached hydrogen (secondary N) is 1. The summed E-state index contributed by atoms with van der Waals surface area (Å²) in [6.45, 7) is 4.71. The molecule has 3 amide bonds. The average molecular weight is 579 g/mol. The lowest BCUT2D eigenvalue weighted by Crippen LogP contribution is -2.36. The maximum absolute atomic E-state index is 14.3. The first kappa shape index (κ1) is 29.5. The van der Waals surface area contributed by atoms with Crippen LogP contribution in [0.15, 0.2) is 97.1 Å². The third kappa shape index (κ3) is 7.09. The Bertz CT molecular complexity index is 1610. The van der Waals surface area contributed by atoms with Gasteiger partial charge < -0.3 is 20.0 Å². The van der Waals surface area contributed by atoms with Crippen LogP contribution in [0.1, 0.15) is 48.6 Å². The molecule has 4 aromatic carbocycles. The second-order valence-corrected chi connectivity index (χ2v) is 10.8. The van der Waals surface area contributed by atoms with E-state index in [1.54, 1.807) is 30.1 Å².